The molecule has 11 heteroatoms. The molecule has 3 atom stereocenters. The van der Waals surface area contributed by atoms with E-state index >= 15 is 0 Å². The molecule has 35 heavy (non-hydrogen) atoms. The minimum atomic E-state index is -0.370. The van der Waals surface area contributed by atoms with Crippen molar-refractivity contribution in [2.75, 3.05) is 38.0 Å². The average molecular weight is 486 g/mol. The predicted octanol–water partition coefficient (Wildman–Crippen LogP) is 1.72. The number of nitrogens with zero attached hydrogens (tertiary/aromatic N) is 3. The van der Waals surface area contributed by atoms with Gasteiger partial charge in [0, 0.05) is 33.1 Å². The SMILES string of the molecule is COCC(=O)Nc1ccc2c(c1)C(=O)N(C)[C@@H]1CC[C@H](CC(=O)Nc3cn(C)nc3C)O[C@H]1CO2. The summed E-state index contributed by atoms with van der Waals surface area (Å²) >= 11 is 0. The summed E-state index contributed by atoms with van der Waals surface area (Å²) in [6, 6.07) is 4.75. The van der Waals surface area contributed by atoms with E-state index in [2.05, 4.69) is 15.7 Å². The van der Waals surface area contributed by atoms with E-state index in [-0.39, 0.29) is 55.6 Å². The van der Waals surface area contributed by atoms with Gasteiger partial charge in [0.25, 0.3) is 5.91 Å². The van der Waals surface area contributed by atoms with Crippen LogP contribution in [0.3, 0.4) is 0 Å². The van der Waals surface area contributed by atoms with E-state index in [0.29, 0.717) is 35.5 Å². The molecule has 0 spiro atoms. The third-order valence-corrected chi connectivity index (χ3v) is 6.27. The van der Waals surface area contributed by atoms with Crippen LogP contribution in [0.25, 0.3) is 0 Å². The highest BCUT2D eigenvalue weighted by atomic mass is 16.5. The van der Waals surface area contributed by atoms with Gasteiger partial charge in [0.15, 0.2) is 0 Å². The Balaban J connectivity index is 1.42. The zero-order valence-corrected chi connectivity index (χ0v) is 20.4. The molecule has 188 valence electrons. The van der Waals surface area contributed by atoms with Crippen molar-refractivity contribution in [1.29, 1.82) is 0 Å². The van der Waals surface area contributed by atoms with Crippen molar-refractivity contribution in [1.82, 2.24) is 14.7 Å². The number of methoxy groups -OCH3 is 1. The van der Waals surface area contributed by atoms with Gasteiger partial charge in [-0.2, -0.15) is 5.10 Å². The second-order valence-corrected chi connectivity index (χ2v) is 8.91. The first kappa shape index (κ1) is 24.7. The fraction of sp³-hybridized carbons (Fsp3) is 0.500. The van der Waals surface area contributed by atoms with Crippen molar-refractivity contribution in [2.45, 2.75) is 44.4 Å². The highest BCUT2D eigenvalue weighted by molar-refractivity contribution is 6.00. The molecule has 1 fully saturated rings. The Kier molecular flexibility index (Phi) is 7.37. The van der Waals surface area contributed by atoms with Gasteiger partial charge >= 0.3 is 0 Å². The summed E-state index contributed by atoms with van der Waals surface area (Å²) in [6.45, 7) is 2.00. The number of aromatic nitrogens is 2. The normalized spacial score (nSPS) is 21.8. The van der Waals surface area contributed by atoms with Crippen LogP contribution < -0.4 is 15.4 Å². The summed E-state index contributed by atoms with van der Waals surface area (Å²) in [4.78, 5) is 39.4. The van der Waals surface area contributed by atoms with Gasteiger partial charge in [-0.15, -0.1) is 0 Å². The molecule has 0 bridgehead atoms. The van der Waals surface area contributed by atoms with E-state index in [0.717, 1.165) is 5.69 Å². The quantitative estimate of drug-likeness (QED) is 0.638. The molecule has 2 N–H and O–H groups in total. The van der Waals surface area contributed by atoms with Gasteiger partial charge < -0.3 is 29.7 Å². The minimum absolute atomic E-state index is 0.0798. The number of anilines is 2. The zero-order valence-electron chi connectivity index (χ0n) is 20.4. The number of carbonyl (C=O) groups excluding carboxylic acids is 3. The summed E-state index contributed by atoms with van der Waals surface area (Å²) < 4.78 is 18.7. The maximum absolute atomic E-state index is 13.3. The molecule has 11 nitrogen and oxygen atoms in total. The van der Waals surface area contributed by atoms with E-state index in [1.165, 1.54) is 7.11 Å². The van der Waals surface area contributed by atoms with Crippen LogP contribution in [0, 0.1) is 6.92 Å². The molecule has 0 aliphatic carbocycles. The molecular formula is C24H31N5O6. The molecule has 1 aromatic heterocycles. The maximum atomic E-state index is 13.3. The fourth-order valence-electron chi connectivity index (χ4n) is 4.56. The average Bonchev–Trinajstić information content (AvgIpc) is 3.12. The largest absolute Gasteiger partial charge is 0.490 e. The predicted molar refractivity (Wildman–Crippen MR) is 127 cm³/mol. The van der Waals surface area contributed by atoms with Gasteiger partial charge in [0.1, 0.15) is 25.1 Å². The Morgan fingerprint density at radius 1 is 1.20 bits per heavy atom. The number of likely N-dealkylation sites (N-methyl/N-ethyl adjacent to an activating group) is 1. The Morgan fingerprint density at radius 3 is 2.71 bits per heavy atom. The number of rotatable bonds is 6. The van der Waals surface area contributed by atoms with Crippen molar-refractivity contribution >= 4 is 29.1 Å². The molecule has 1 aromatic carbocycles. The van der Waals surface area contributed by atoms with E-state index in [1.807, 2.05) is 6.92 Å². The molecular weight excluding hydrogens is 454 g/mol. The molecule has 2 aliphatic heterocycles. The van der Waals surface area contributed by atoms with Crippen molar-refractivity contribution in [3.05, 3.63) is 35.7 Å². The van der Waals surface area contributed by atoms with Gasteiger partial charge in [-0.3, -0.25) is 19.1 Å². The third kappa shape index (κ3) is 5.63. The molecule has 1 saturated heterocycles. The first-order valence-corrected chi connectivity index (χ1v) is 11.5. The van der Waals surface area contributed by atoms with E-state index < -0.39 is 0 Å². The van der Waals surface area contributed by atoms with Gasteiger partial charge in [-0.25, -0.2) is 0 Å². The summed E-state index contributed by atoms with van der Waals surface area (Å²) in [7, 11) is 4.98. The molecule has 0 unspecified atom stereocenters. The number of hydrogen-bond donors (Lipinski definition) is 2. The molecule has 3 amide bonds. The van der Waals surface area contributed by atoms with Crippen molar-refractivity contribution in [3.63, 3.8) is 0 Å². The van der Waals surface area contributed by atoms with Crippen LogP contribution in [-0.2, 0) is 26.1 Å². The van der Waals surface area contributed by atoms with Crippen molar-refractivity contribution in [3.8, 4) is 5.75 Å². The number of nitrogens with one attached hydrogen (secondary N) is 2. The van der Waals surface area contributed by atoms with Crippen molar-refractivity contribution < 1.29 is 28.6 Å². The van der Waals surface area contributed by atoms with Crippen molar-refractivity contribution in [2.24, 2.45) is 7.05 Å². The lowest BCUT2D eigenvalue weighted by molar-refractivity contribution is -0.130. The summed E-state index contributed by atoms with van der Waals surface area (Å²) in [6.07, 6.45) is 2.64. The Bertz CT molecular complexity index is 1120. The van der Waals surface area contributed by atoms with Gasteiger partial charge in [0.2, 0.25) is 11.8 Å². The fourth-order valence-corrected chi connectivity index (χ4v) is 4.56. The highest BCUT2D eigenvalue weighted by Crippen LogP contribution is 2.32. The lowest BCUT2D eigenvalue weighted by Gasteiger charge is -2.42. The molecule has 0 saturated carbocycles. The van der Waals surface area contributed by atoms with Crippen LogP contribution in [-0.4, -0.2) is 78.0 Å². The van der Waals surface area contributed by atoms with Gasteiger partial charge in [0.05, 0.1) is 35.5 Å². The minimum Gasteiger partial charge on any atom is -0.490 e. The van der Waals surface area contributed by atoms with Gasteiger partial charge in [-0.1, -0.05) is 0 Å². The van der Waals surface area contributed by atoms with E-state index in [1.54, 1.807) is 48.1 Å². The maximum Gasteiger partial charge on any atom is 0.257 e. The Morgan fingerprint density at radius 2 is 2.00 bits per heavy atom. The van der Waals surface area contributed by atoms with Crippen LogP contribution in [0.2, 0.25) is 0 Å². The number of ether oxygens (including phenoxy) is 3. The highest BCUT2D eigenvalue weighted by Gasteiger charge is 2.39. The molecule has 4 rings (SSSR count). The Hall–Kier alpha value is -3.44. The van der Waals surface area contributed by atoms with Crippen LogP contribution in [0.1, 0.15) is 35.3 Å². The third-order valence-electron chi connectivity index (χ3n) is 6.27. The molecule has 3 heterocycles. The summed E-state index contributed by atoms with van der Waals surface area (Å²) in [5, 5.41) is 9.84. The molecule has 2 aliphatic rings. The smallest absolute Gasteiger partial charge is 0.257 e. The first-order chi connectivity index (χ1) is 16.7. The standard InChI is InChI=1S/C24H31N5O6/c1-14-18(11-28(2)27-14)26-22(30)10-16-6-7-19-21(35-16)12-34-20-8-5-15(25-23(31)13-33-4)9-17(20)24(32)29(19)3/h5,8-9,11,16,19,21H,6-7,10,12-13H2,1-4H3,(H,25,31)(H,26,30)/t16-,19-,21+/m1/s1. The first-order valence-electron chi connectivity index (χ1n) is 11.5. The second-order valence-electron chi connectivity index (χ2n) is 8.91. The number of fused-ring (bicyclic) bond motifs is 2. The number of benzene rings is 1. The number of carbonyl (C=O) groups is 3. The number of hydrogen-bond acceptors (Lipinski definition) is 7. The Labute approximate surface area is 203 Å². The van der Waals surface area contributed by atoms with E-state index in [9.17, 15) is 14.4 Å². The van der Waals surface area contributed by atoms with Crippen LogP contribution in [0.15, 0.2) is 24.4 Å². The van der Waals surface area contributed by atoms with Crippen LogP contribution in [0.5, 0.6) is 5.75 Å². The second kappa shape index (κ2) is 10.4. The molecule has 2 aromatic rings. The lowest BCUT2D eigenvalue weighted by Crippen LogP contribution is -2.53. The van der Waals surface area contributed by atoms with Gasteiger partial charge in [-0.05, 0) is 38.0 Å². The topological polar surface area (TPSA) is 124 Å². The number of amides is 3. The lowest BCUT2D eigenvalue weighted by atomic mass is 9.94. The summed E-state index contributed by atoms with van der Waals surface area (Å²) in [5.41, 5.74) is 2.29. The molecule has 0 radical (unpaired) electrons. The monoisotopic (exact) mass is 485 g/mol. The van der Waals surface area contributed by atoms with Crippen LogP contribution in [0.4, 0.5) is 11.4 Å². The summed E-state index contributed by atoms with van der Waals surface area (Å²) in [5.74, 6) is -0.256. The van der Waals surface area contributed by atoms with E-state index in [4.69, 9.17) is 14.2 Å². The zero-order chi connectivity index (χ0) is 25.1. The van der Waals surface area contributed by atoms with Crippen LogP contribution >= 0.6 is 0 Å². The number of aryl methyl sites for hydroxylation is 2.